The van der Waals surface area contributed by atoms with Crippen molar-refractivity contribution in [3.05, 3.63) is 17.5 Å². The second-order valence-corrected chi connectivity index (χ2v) is 4.18. The van der Waals surface area contributed by atoms with Gasteiger partial charge in [-0.2, -0.15) is 0 Å². The molecule has 0 radical (unpaired) electrons. The van der Waals surface area contributed by atoms with E-state index in [1.165, 1.54) is 7.05 Å². The minimum absolute atomic E-state index is 0.0839. The predicted octanol–water partition coefficient (Wildman–Crippen LogP) is 1.73. The lowest BCUT2D eigenvalue weighted by Gasteiger charge is -2.11. The van der Waals surface area contributed by atoms with Crippen LogP contribution in [0.1, 0.15) is 48.9 Å². The van der Waals surface area contributed by atoms with Crippen LogP contribution >= 0.6 is 0 Å². The molecule has 6 nitrogen and oxygen atoms in total. The van der Waals surface area contributed by atoms with Gasteiger partial charge >= 0.3 is 5.97 Å². The fourth-order valence-electron chi connectivity index (χ4n) is 1.75. The number of hydrogen-bond donors (Lipinski definition) is 1. The highest BCUT2D eigenvalue weighted by atomic mass is 16.5. The van der Waals surface area contributed by atoms with Crippen molar-refractivity contribution in [3.63, 3.8) is 0 Å². The molecular formula is C12H18N2O4. The van der Waals surface area contributed by atoms with Crippen molar-refractivity contribution in [1.29, 1.82) is 0 Å². The minimum Gasteiger partial charge on any atom is -0.480 e. The van der Waals surface area contributed by atoms with Crippen LogP contribution in [0.4, 0.5) is 0 Å². The van der Waals surface area contributed by atoms with Crippen LogP contribution in [-0.2, 0) is 4.79 Å². The van der Waals surface area contributed by atoms with E-state index in [2.05, 4.69) is 5.16 Å². The van der Waals surface area contributed by atoms with Gasteiger partial charge in [0.2, 0.25) is 5.76 Å². The number of aliphatic carboxylic acids is 1. The molecule has 0 atom stereocenters. The van der Waals surface area contributed by atoms with Gasteiger partial charge < -0.3 is 14.5 Å². The number of rotatable bonds is 6. The van der Waals surface area contributed by atoms with Gasteiger partial charge in [-0.25, -0.2) is 0 Å². The van der Waals surface area contributed by atoms with Crippen LogP contribution in [0.5, 0.6) is 0 Å². The van der Waals surface area contributed by atoms with Crippen molar-refractivity contribution < 1.29 is 19.2 Å². The molecular weight excluding hydrogens is 236 g/mol. The average molecular weight is 254 g/mol. The van der Waals surface area contributed by atoms with E-state index < -0.39 is 11.9 Å². The van der Waals surface area contributed by atoms with Crippen LogP contribution < -0.4 is 0 Å². The van der Waals surface area contributed by atoms with E-state index in [9.17, 15) is 9.59 Å². The molecule has 0 aromatic carbocycles. The first-order valence-electron chi connectivity index (χ1n) is 5.93. The molecule has 0 saturated heterocycles. The third-order valence-corrected chi connectivity index (χ3v) is 2.86. The van der Waals surface area contributed by atoms with Crippen molar-refractivity contribution in [2.75, 3.05) is 13.6 Å². The summed E-state index contributed by atoms with van der Waals surface area (Å²) in [5.41, 5.74) is 0.743. The maximum absolute atomic E-state index is 11.8. The Labute approximate surface area is 106 Å². The zero-order valence-corrected chi connectivity index (χ0v) is 10.8. The number of nitrogens with zero attached hydrogens (tertiary/aromatic N) is 2. The zero-order chi connectivity index (χ0) is 13.7. The Hall–Kier alpha value is -1.85. The highest BCUT2D eigenvalue weighted by Gasteiger charge is 2.21. The largest absolute Gasteiger partial charge is 0.480 e. The van der Waals surface area contributed by atoms with Crippen LogP contribution in [-0.4, -0.2) is 40.6 Å². The Morgan fingerprint density at radius 1 is 1.44 bits per heavy atom. The van der Waals surface area contributed by atoms with Gasteiger partial charge in [-0.3, -0.25) is 9.59 Å². The summed E-state index contributed by atoms with van der Waals surface area (Å²) in [5, 5.41) is 12.5. The van der Waals surface area contributed by atoms with Crippen molar-refractivity contribution in [2.45, 2.75) is 32.6 Å². The summed E-state index contributed by atoms with van der Waals surface area (Å²) in [6.45, 7) is 3.72. The molecule has 1 N–H and O–H groups in total. The van der Waals surface area contributed by atoms with Gasteiger partial charge in [0, 0.05) is 19.0 Å². The summed E-state index contributed by atoms with van der Waals surface area (Å²) in [4.78, 5) is 23.4. The normalized spacial score (nSPS) is 10.7. The van der Waals surface area contributed by atoms with E-state index in [0.717, 1.165) is 23.4 Å². The molecule has 18 heavy (non-hydrogen) atoms. The van der Waals surface area contributed by atoms with Crippen molar-refractivity contribution >= 4 is 11.9 Å². The SMILES string of the molecule is CCC(CC)c1cc(C(=O)N(C)CC(=O)O)on1. The highest BCUT2D eigenvalue weighted by molar-refractivity contribution is 5.93. The lowest BCUT2D eigenvalue weighted by atomic mass is 9.99. The molecule has 0 bridgehead atoms. The standard InChI is InChI=1S/C12H18N2O4/c1-4-8(5-2)9-6-10(18-13-9)12(17)14(3)7-11(15)16/h6,8H,4-5,7H2,1-3H3,(H,15,16). The molecule has 0 aliphatic heterocycles. The van der Waals surface area contributed by atoms with E-state index in [1.807, 2.05) is 13.8 Å². The number of hydrogen-bond acceptors (Lipinski definition) is 4. The first-order chi connectivity index (χ1) is 8.49. The molecule has 1 rings (SSSR count). The van der Waals surface area contributed by atoms with Crippen LogP contribution in [0.25, 0.3) is 0 Å². The van der Waals surface area contributed by atoms with Gasteiger partial charge in [-0.15, -0.1) is 0 Å². The summed E-state index contributed by atoms with van der Waals surface area (Å²) in [7, 11) is 1.41. The Bertz CT molecular complexity index is 423. The second kappa shape index (κ2) is 6.18. The van der Waals surface area contributed by atoms with Gasteiger partial charge in [0.05, 0.1) is 5.69 Å². The van der Waals surface area contributed by atoms with Gasteiger partial charge in [0.25, 0.3) is 5.91 Å². The molecule has 0 aliphatic rings. The fraction of sp³-hybridized carbons (Fsp3) is 0.583. The van der Waals surface area contributed by atoms with E-state index in [-0.39, 0.29) is 18.2 Å². The fourth-order valence-corrected chi connectivity index (χ4v) is 1.75. The minimum atomic E-state index is -1.06. The number of carboxylic acids is 1. The third kappa shape index (κ3) is 3.32. The van der Waals surface area contributed by atoms with Crippen molar-refractivity contribution in [3.8, 4) is 0 Å². The van der Waals surface area contributed by atoms with E-state index in [0.29, 0.717) is 0 Å². The molecule has 1 aromatic heterocycles. The maximum Gasteiger partial charge on any atom is 0.323 e. The molecule has 0 saturated carbocycles. The van der Waals surface area contributed by atoms with E-state index in [1.54, 1.807) is 6.07 Å². The quantitative estimate of drug-likeness (QED) is 0.835. The summed E-state index contributed by atoms with van der Waals surface area (Å²) < 4.78 is 4.98. The second-order valence-electron chi connectivity index (χ2n) is 4.18. The van der Waals surface area contributed by atoms with Crippen LogP contribution in [0, 0.1) is 0 Å². The maximum atomic E-state index is 11.8. The topological polar surface area (TPSA) is 83.6 Å². The van der Waals surface area contributed by atoms with E-state index in [4.69, 9.17) is 9.63 Å². The number of carboxylic acid groups (broad SMARTS) is 1. The van der Waals surface area contributed by atoms with Crippen molar-refractivity contribution in [1.82, 2.24) is 10.1 Å². The predicted molar refractivity (Wildman–Crippen MR) is 64.4 cm³/mol. The summed E-state index contributed by atoms with van der Waals surface area (Å²) in [6, 6.07) is 1.60. The van der Waals surface area contributed by atoms with Gasteiger partial charge in [0.1, 0.15) is 6.54 Å². The molecule has 0 spiro atoms. The van der Waals surface area contributed by atoms with Gasteiger partial charge in [0.15, 0.2) is 0 Å². The first-order valence-corrected chi connectivity index (χ1v) is 5.93. The van der Waals surface area contributed by atoms with Gasteiger partial charge in [-0.05, 0) is 12.8 Å². The number of aromatic nitrogens is 1. The Balaban J connectivity index is 2.79. The lowest BCUT2D eigenvalue weighted by molar-refractivity contribution is -0.137. The zero-order valence-electron chi connectivity index (χ0n) is 10.8. The van der Waals surface area contributed by atoms with Crippen molar-refractivity contribution in [2.24, 2.45) is 0 Å². The van der Waals surface area contributed by atoms with Crippen LogP contribution in [0.2, 0.25) is 0 Å². The smallest absolute Gasteiger partial charge is 0.323 e. The molecule has 100 valence electrons. The Morgan fingerprint density at radius 2 is 2.06 bits per heavy atom. The number of likely N-dealkylation sites (N-methyl/N-ethyl adjacent to an activating group) is 1. The molecule has 0 fully saturated rings. The number of carbonyl (C=O) groups excluding carboxylic acids is 1. The third-order valence-electron chi connectivity index (χ3n) is 2.86. The molecule has 1 aromatic rings. The molecule has 0 unspecified atom stereocenters. The molecule has 1 amide bonds. The number of amides is 1. The lowest BCUT2D eigenvalue weighted by Crippen LogP contribution is -2.31. The number of carbonyl (C=O) groups is 2. The van der Waals surface area contributed by atoms with Crippen LogP contribution in [0.15, 0.2) is 10.6 Å². The molecule has 1 heterocycles. The monoisotopic (exact) mass is 254 g/mol. The van der Waals surface area contributed by atoms with Crippen LogP contribution in [0.3, 0.4) is 0 Å². The Morgan fingerprint density at radius 3 is 2.56 bits per heavy atom. The van der Waals surface area contributed by atoms with E-state index >= 15 is 0 Å². The average Bonchev–Trinajstić information content (AvgIpc) is 2.78. The van der Waals surface area contributed by atoms with Gasteiger partial charge in [-0.1, -0.05) is 19.0 Å². The molecule has 6 heteroatoms. The molecule has 0 aliphatic carbocycles. The summed E-state index contributed by atoms with van der Waals surface area (Å²) >= 11 is 0. The highest BCUT2D eigenvalue weighted by Crippen LogP contribution is 2.22. The first kappa shape index (κ1) is 14.2. The summed E-state index contributed by atoms with van der Waals surface area (Å²) in [6.07, 6.45) is 1.84. The summed E-state index contributed by atoms with van der Waals surface area (Å²) in [5.74, 6) is -1.19. The Kier molecular flexibility index (Phi) is 4.88.